The van der Waals surface area contributed by atoms with Crippen molar-refractivity contribution in [3.8, 4) is 56.9 Å². The first-order valence-electron chi connectivity index (χ1n) is 21.7. The zero-order chi connectivity index (χ0) is 46.0. The van der Waals surface area contributed by atoms with Gasteiger partial charge in [0.05, 0.1) is 46.5 Å². The van der Waals surface area contributed by atoms with Crippen molar-refractivity contribution < 1.29 is 9.47 Å². The SMILES string of the molecule is C=C/C=C\C.C=C/C=C\C=C.c1ccc2c(c1)Oc1ccccc1N2c1ccc(-c2cn(-c3ccc(-n4cc(-c5ccc(N6c7ccccc7Oc7ccccc76)cc5)nn4)cc3)nn2)cc1. The van der Waals surface area contributed by atoms with E-state index in [0.29, 0.717) is 0 Å². The molecule has 326 valence electrons. The predicted molar refractivity (Wildman–Crippen MR) is 271 cm³/mol. The molecule has 0 saturated carbocycles. The van der Waals surface area contributed by atoms with Crippen LogP contribution in [0, 0.1) is 0 Å². The van der Waals surface area contributed by atoms with E-state index < -0.39 is 0 Å². The van der Waals surface area contributed by atoms with Gasteiger partial charge in [-0.2, -0.15) is 0 Å². The first-order valence-corrected chi connectivity index (χ1v) is 21.7. The van der Waals surface area contributed by atoms with E-state index in [9.17, 15) is 0 Å². The molecule has 9 aromatic rings. The first kappa shape index (κ1) is 43.0. The fraction of sp³-hybridized carbons (Fsp3) is 0.0175. The number of nitrogens with zero attached hydrogens (tertiary/aromatic N) is 8. The smallest absolute Gasteiger partial charge is 0.151 e. The molecule has 0 unspecified atom stereocenters. The van der Waals surface area contributed by atoms with Crippen molar-refractivity contribution in [2.75, 3.05) is 9.80 Å². The molecule has 0 aliphatic carbocycles. The second-order valence-corrected chi connectivity index (χ2v) is 15.1. The van der Waals surface area contributed by atoms with Gasteiger partial charge in [0, 0.05) is 22.5 Å². The van der Waals surface area contributed by atoms with Crippen molar-refractivity contribution in [2.45, 2.75) is 6.92 Å². The highest BCUT2D eigenvalue weighted by Crippen LogP contribution is 2.51. The van der Waals surface area contributed by atoms with Crippen molar-refractivity contribution >= 4 is 34.1 Å². The third kappa shape index (κ3) is 9.22. The van der Waals surface area contributed by atoms with Crippen LogP contribution in [0.25, 0.3) is 33.9 Å². The Morgan fingerprint density at radius 1 is 0.388 bits per heavy atom. The molecule has 10 nitrogen and oxygen atoms in total. The van der Waals surface area contributed by atoms with Gasteiger partial charge in [-0.25, -0.2) is 9.36 Å². The maximum absolute atomic E-state index is 6.18. The lowest BCUT2D eigenvalue weighted by Crippen LogP contribution is -2.15. The van der Waals surface area contributed by atoms with Gasteiger partial charge in [0.15, 0.2) is 23.0 Å². The average molecular weight is 875 g/mol. The van der Waals surface area contributed by atoms with Gasteiger partial charge >= 0.3 is 0 Å². The quantitative estimate of drug-likeness (QED) is 0.133. The van der Waals surface area contributed by atoms with E-state index >= 15 is 0 Å². The molecule has 11 rings (SSSR count). The minimum atomic E-state index is 0.775. The molecule has 0 radical (unpaired) electrons. The summed E-state index contributed by atoms with van der Waals surface area (Å²) in [6, 6.07) is 57.0. The van der Waals surface area contributed by atoms with Crippen LogP contribution in [0.5, 0.6) is 23.0 Å². The van der Waals surface area contributed by atoms with Gasteiger partial charge in [-0.3, -0.25) is 0 Å². The zero-order valence-electron chi connectivity index (χ0n) is 36.9. The summed E-state index contributed by atoms with van der Waals surface area (Å²) in [6.45, 7) is 12.4. The number of benzene rings is 7. The summed E-state index contributed by atoms with van der Waals surface area (Å²) in [7, 11) is 0. The Kier molecular flexibility index (Phi) is 12.9. The normalized spacial score (nSPS) is 11.9. The molecule has 0 saturated heterocycles. The molecule has 0 atom stereocenters. The van der Waals surface area contributed by atoms with Crippen LogP contribution in [0.15, 0.2) is 245 Å². The highest BCUT2D eigenvalue weighted by atomic mass is 16.5. The third-order valence-electron chi connectivity index (χ3n) is 10.8. The largest absolute Gasteiger partial charge is 0.453 e. The Bertz CT molecular complexity index is 2920. The van der Waals surface area contributed by atoms with Crippen LogP contribution in [-0.4, -0.2) is 30.0 Å². The number of allylic oxidation sites excluding steroid dienone is 7. The van der Waals surface area contributed by atoms with E-state index in [1.165, 1.54) is 0 Å². The molecule has 2 aliphatic rings. The van der Waals surface area contributed by atoms with Gasteiger partial charge in [0.1, 0.15) is 11.4 Å². The van der Waals surface area contributed by atoms with E-state index in [1.807, 2.05) is 141 Å². The summed E-state index contributed by atoms with van der Waals surface area (Å²) in [5.41, 5.74) is 11.3. The van der Waals surface area contributed by atoms with Crippen LogP contribution in [0.4, 0.5) is 34.1 Å². The monoisotopic (exact) mass is 874 g/mol. The van der Waals surface area contributed by atoms with Gasteiger partial charge in [0.2, 0.25) is 0 Å². The van der Waals surface area contributed by atoms with Crippen molar-refractivity contribution in [3.05, 3.63) is 245 Å². The molecule has 67 heavy (non-hydrogen) atoms. The lowest BCUT2D eigenvalue weighted by molar-refractivity contribution is 0.477. The summed E-state index contributed by atoms with van der Waals surface area (Å²) < 4.78 is 15.9. The fourth-order valence-electron chi connectivity index (χ4n) is 7.62. The van der Waals surface area contributed by atoms with E-state index in [1.54, 1.807) is 27.6 Å². The van der Waals surface area contributed by atoms with E-state index in [-0.39, 0.29) is 0 Å². The summed E-state index contributed by atoms with van der Waals surface area (Å²) >= 11 is 0. The van der Waals surface area contributed by atoms with Gasteiger partial charge in [-0.05, 0) is 104 Å². The van der Waals surface area contributed by atoms with E-state index in [4.69, 9.17) is 9.47 Å². The Labute approximate surface area is 390 Å². The lowest BCUT2D eigenvalue weighted by Gasteiger charge is -2.32. The van der Waals surface area contributed by atoms with Crippen LogP contribution in [-0.2, 0) is 0 Å². The molecule has 0 amide bonds. The Balaban J connectivity index is 0.000000461. The first-order chi connectivity index (χ1) is 33.1. The molecule has 0 bridgehead atoms. The van der Waals surface area contributed by atoms with Crippen LogP contribution < -0.4 is 19.3 Å². The van der Waals surface area contributed by atoms with Gasteiger partial charge in [0.25, 0.3) is 0 Å². The van der Waals surface area contributed by atoms with Crippen molar-refractivity contribution in [2.24, 2.45) is 0 Å². The number of rotatable bonds is 9. The predicted octanol–water partition coefficient (Wildman–Crippen LogP) is 15.0. The minimum Gasteiger partial charge on any atom is -0.453 e. The van der Waals surface area contributed by atoms with Crippen LogP contribution >= 0.6 is 0 Å². The van der Waals surface area contributed by atoms with Crippen LogP contribution in [0.1, 0.15) is 6.92 Å². The maximum atomic E-state index is 6.18. The lowest BCUT2D eigenvalue weighted by atomic mass is 10.1. The Morgan fingerprint density at radius 3 is 1.00 bits per heavy atom. The molecule has 2 aliphatic heterocycles. The highest BCUT2D eigenvalue weighted by molar-refractivity contribution is 5.88. The molecule has 10 heteroatoms. The van der Waals surface area contributed by atoms with Gasteiger partial charge in [-0.15, -0.1) is 10.2 Å². The number of anilines is 6. The number of hydrogen-bond donors (Lipinski definition) is 0. The summed E-state index contributed by atoms with van der Waals surface area (Å²) in [4.78, 5) is 4.44. The van der Waals surface area contributed by atoms with Crippen LogP contribution in [0.3, 0.4) is 0 Å². The molecule has 0 N–H and O–H groups in total. The second kappa shape index (κ2) is 20.0. The topological polar surface area (TPSA) is 86.4 Å². The summed E-state index contributed by atoms with van der Waals surface area (Å²) in [5, 5.41) is 17.9. The fourth-order valence-corrected chi connectivity index (χ4v) is 7.62. The van der Waals surface area contributed by atoms with Crippen molar-refractivity contribution in [3.63, 3.8) is 0 Å². The zero-order valence-corrected chi connectivity index (χ0v) is 36.9. The second-order valence-electron chi connectivity index (χ2n) is 15.1. The molecule has 0 spiro atoms. The van der Waals surface area contributed by atoms with Gasteiger partial charge < -0.3 is 19.3 Å². The summed E-state index contributed by atoms with van der Waals surface area (Å²) in [5.74, 6) is 3.29. The van der Waals surface area contributed by atoms with Crippen molar-refractivity contribution in [1.82, 2.24) is 30.0 Å². The number of fused-ring (bicyclic) bond motifs is 4. The Morgan fingerprint density at radius 2 is 0.701 bits per heavy atom. The van der Waals surface area contributed by atoms with Crippen LogP contribution in [0.2, 0.25) is 0 Å². The number of hydrogen-bond acceptors (Lipinski definition) is 8. The molecule has 7 aromatic carbocycles. The average Bonchev–Trinajstić information content (AvgIpc) is 4.10. The van der Waals surface area contributed by atoms with E-state index in [0.717, 1.165) is 91.0 Å². The standard InChI is InChI=1S/C46H30N8O2.C6H8.C5H8/c1-5-13-43-39(9-1)53(40-10-2-6-14-44(40)55-43)35-21-17-31(18-22-35)37-29-51(49-47-37)33-25-27-34(28-26-33)52-30-38(48-50-52)32-19-23-36(24-20-32)54-41-11-3-7-15-45(41)56-46-16-8-4-12-42(46)54;1-3-5-6-4-2;1-3-5-4-2/h1-30H;3-6H,1-2H2;3-5H,1H2,2H3/b;6-5-;5-4-. The Hall–Kier alpha value is -9.28. The molecular weight excluding hydrogens is 829 g/mol. The summed E-state index contributed by atoms with van der Waals surface area (Å²) in [6.07, 6.45) is 16.5. The third-order valence-corrected chi connectivity index (χ3v) is 10.8. The number of aromatic nitrogens is 6. The number of ether oxygens (including phenoxy) is 2. The molecular formula is C57H46N8O2. The van der Waals surface area contributed by atoms with Gasteiger partial charge in [-0.1, -0.05) is 145 Å². The number of para-hydroxylation sites is 8. The molecule has 0 fully saturated rings. The highest BCUT2D eigenvalue weighted by Gasteiger charge is 2.27. The van der Waals surface area contributed by atoms with E-state index in [2.05, 4.69) is 123 Å². The minimum absolute atomic E-state index is 0.775. The molecule has 4 heterocycles. The van der Waals surface area contributed by atoms with Crippen molar-refractivity contribution in [1.29, 1.82) is 0 Å². The molecule has 2 aromatic heterocycles. The maximum Gasteiger partial charge on any atom is 0.151 e.